The van der Waals surface area contributed by atoms with E-state index in [0.29, 0.717) is 25.7 Å². The van der Waals surface area contributed by atoms with Crippen LogP contribution >= 0.6 is 0 Å². The van der Waals surface area contributed by atoms with Crippen molar-refractivity contribution in [3.05, 3.63) is 0 Å². The van der Waals surface area contributed by atoms with E-state index in [1.54, 1.807) is 6.92 Å². The molecule has 0 bridgehead atoms. The molecule has 0 saturated carbocycles. The van der Waals surface area contributed by atoms with E-state index in [2.05, 4.69) is 5.32 Å². The lowest BCUT2D eigenvalue weighted by molar-refractivity contribution is 0.104. The SMILES string of the molecule is CCS(=O)(=O)CCCOCC1CCCCN1. The summed E-state index contributed by atoms with van der Waals surface area (Å²) in [6, 6.07) is 0.469. The largest absolute Gasteiger partial charge is 0.380 e. The lowest BCUT2D eigenvalue weighted by Gasteiger charge is -2.23. The van der Waals surface area contributed by atoms with Gasteiger partial charge in [-0.25, -0.2) is 8.42 Å². The number of piperidine rings is 1. The summed E-state index contributed by atoms with van der Waals surface area (Å²) < 4.78 is 27.9. The number of rotatable bonds is 7. The van der Waals surface area contributed by atoms with Crippen molar-refractivity contribution in [1.29, 1.82) is 0 Å². The molecule has 0 aromatic rings. The fraction of sp³-hybridized carbons (Fsp3) is 1.00. The number of sulfone groups is 1. The lowest BCUT2D eigenvalue weighted by Crippen LogP contribution is -2.37. The molecule has 1 N–H and O–H groups in total. The maximum absolute atomic E-state index is 11.2. The Morgan fingerprint density at radius 2 is 2.19 bits per heavy atom. The molecule has 5 heteroatoms. The molecule has 96 valence electrons. The van der Waals surface area contributed by atoms with Crippen molar-refractivity contribution in [2.24, 2.45) is 0 Å². The van der Waals surface area contributed by atoms with Crippen molar-refractivity contribution >= 4 is 9.84 Å². The van der Waals surface area contributed by atoms with Gasteiger partial charge in [0.25, 0.3) is 0 Å². The van der Waals surface area contributed by atoms with Crippen LogP contribution in [0, 0.1) is 0 Å². The fourth-order valence-corrected chi connectivity index (χ4v) is 2.66. The maximum atomic E-state index is 11.2. The molecule has 1 aliphatic rings. The summed E-state index contributed by atoms with van der Waals surface area (Å²) in [6.07, 6.45) is 4.31. The Morgan fingerprint density at radius 1 is 1.38 bits per heavy atom. The van der Waals surface area contributed by atoms with Crippen LogP contribution in [0.1, 0.15) is 32.6 Å². The average molecular weight is 249 g/mol. The summed E-state index contributed by atoms with van der Waals surface area (Å²) in [5.74, 6) is 0.485. The van der Waals surface area contributed by atoms with Crippen LogP contribution in [0.3, 0.4) is 0 Å². The van der Waals surface area contributed by atoms with Gasteiger partial charge in [-0.15, -0.1) is 0 Å². The molecule has 0 aromatic heterocycles. The van der Waals surface area contributed by atoms with Gasteiger partial charge in [-0.05, 0) is 25.8 Å². The summed E-state index contributed by atoms with van der Waals surface area (Å²) in [7, 11) is -2.82. The third-order valence-electron chi connectivity index (χ3n) is 2.92. The molecule has 1 saturated heterocycles. The lowest BCUT2D eigenvalue weighted by atomic mass is 10.1. The summed E-state index contributed by atoms with van der Waals surface area (Å²) >= 11 is 0. The number of nitrogens with one attached hydrogen (secondary N) is 1. The van der Waals surface area contributed by atoms with Crippen LogP contribution in [0.25, 0.3) is 0 Å². The molecule has 0 spiro atoms. The van der Waals surface area contributed by atoms with Crippen molar-refractivity contribution in [2.75, 3.05) is 31.3 Å². The molecule has 1 unspecified atom stereocenters. The third kappa shape index (κ3) is 5.82. The Morgan fingerprint density at radius 3 is 2.81 bits per heavy atom. The zero-order chi connectivity index (χ0) is 11.9. The predicted octanol–water partition coefficient (Wildman–Crippen LogP) is 0.970. The normalized spacial score (nSPS) is 22.2. The highest BCUT2D eigenvalue weighted by atomic mass is 32.2. The minimum atomic E-state index is -2.82. The van der Waals surface area contributed by atoms with E-state index in [0.717, 1.165) is 6.54 Å². The third-order valence-corrected chi connectivity index (χ3v) is 4.71. The smallest absolute Gasteiger partial charge is 0.150 e. The second-order valence-corrected chi connectivity index (χ2v) is 6.78. The Bertz CT molecular complexity index is 271. The first-order chi connectivity index (χ1) is 7.64. The fourth-order valence-electron chi connectivity index (χ4n) is 1.82. The van der Waals surface area contributed by atoms with Crippen LogP contribution in [0.15, 0.2) is 0 Å². The molecule has 0 amide bonds. The van der Waals surface area contributed by atoms with Crippen LogP contribution in [-0.2, 0) is 14.6 Å². The van der Waals surface area contributed by atoms with Crippen molar-refractivity contribution in [3.8, 4) is 0 Å². The van der Waals surface area contributed by atoms with Crippen LogP contribution in [0.4, 0.5) is 0 Å². The van der Waals surface area contributed by atoms with E-state index < -0.39 is 9.84 Å². The molecule has 1 rings (SSSR count). The van der Waals surface area contributed by atoms with Gasteiger partial charge in [0.1, 0.15) is 9.84 Å². The van der Waals surface area contributed by atoms with Crippen molar-refractivity contribution in [2.45, 2.75) is 38.6 Å². The van der Waals surface area contributed by atoms with Gasteiger partial charge in [-0.1, -0.05) is 13.3 Å². The number of ether oxygens (including phenoxy) is 1. The van der Waals surface area contributed by atoms with Gasteiger partial charge in [0.2, 0.25) is 0 Å². The molecule has 1 atom stereocenters. The minimum absolute atomic E-state index is 0.233. The van der Waals surface area contributed by atoms with E-state index in [4.69, 9.17) is 4.74 Å². The monoisotopic (exact) mass is 249 g/mol. The molecule has 1 fully saturated rings. The van der Waals surface area contributed by atoms with Crippen LogP contribution in [0.5, 0.6) is 0 Å². The molecule has 1 heterocycles. The van der Waals surface area contributed by atoms with E-state index in [1.165, 1.54) is 19.3 Å². The average Bonchev–Trinajstić information content (AvgIpc) is 2.30. The molecule has 0 aliphatic carbocycles. The first-order valence-electron chi connectivity index (χ1n) is 6.15. The summed E-state index contributed by atoms with van der Waals surface area (Å²) in [5, 5.41) is 3.39. The summed E-state index contributed by atoms with van der Waals surface area (Å²) in [6.45, 7) is 4.03. The van der Waals surface area contributed by atoms with Crippen LogP contribution < -0.4 is 5.32 Å². The highest BCUT2D eigenvalue weighted by Gasteiger charge is 2.12. The zero-order valence-corrected chi connectivity index (χ0v) is 10.9. The molecular weight excluding hydrogens is 226 g/mol. The minimum Gasteiger partial charge on any atom is -0.380 e. The van der Waals surface area contributed by atoms with Gasteiger partial charge < -0.3 is 10.1 Å². The van der Waals surface area contributed by atoms with Crippen molar-refractivity contribution in [3.63, 3.8) is 0 Å². The van der Waals surface area contributed by atoms with E-state index >= 15 is 0 Å². The Kier molecular flexibility index (Phi) is 6.31. The van der Waals surface area contributed by atoms with Crippen LogP contribution in [-0.4, -0.2) is 45.7 Å². The molecule has 4 nitrogen and oxygen atoms in total. The first-order valence-corrected chi connectivity index (χ1v) is 7.98. The summed E-state index contributed by atoms with van der Waals surface area (Å²) in [5.41, 5.74) is 0. The Balaban J connectivity index is 1.99. The zero-order valence-electron chi connectivity index (χ0n) is 10.1. The van der Waals surface area contributed by atoms with Gasteiger partial charge >= 0.3 is 0 Å². The van der Waals surface area contributed by atoms with E-state index in [-0.39, 0.29) is 11.5 Å². The van der Waals surface area contributed by atoms with Crippen LogP contribution in [0.2, 0.25) is 0 Å². The van der Waals surface area contributed by atoms with E-state index in [1.807, 2.05) is 0 Å². The quantitative estimate of drug-likeness (QED) is 0.683. The van der Waals surface area contributed by atoms with Gasteiger partial charge in [0.15, 0.2) is 0 Å². The molecule has 16 heavy (non-hydrogen) atoms. The first kappa shape index (κ1) is 13.9. The van der Waals surface area contributed by atoms with E-state index in [9.17, 15) is 8.42 Å². The van der Waals surface area contributed by atoms with Gasteiger partial charge in [0.05, 0.1) is 12.4 Å². The maximum Gasteiger partial charge on any atom is 0.150 e. The highest BCUT2D eigenvalue weighted by Crippen LogP contribution is 2.07. The van der Waals surface area contributed by atoms with Gasteiger partial charge in [-0.3, -0.25) is 0 Å². The topological polar surface area (TPSA) is 55.4 Å². The second-order valence-electron chi connectivity index (χ2n) is 4.31. The molecule has 1 aliphatic heterocycles. The van der Waals surface area contributed by atoms with Crippen molar-refractivity contribution in [1.82, 2.24) is 5.32 Å². The highest BCUT2D eigenvalue weighted by molar-refractivity contribution is 7.91. The number of hydrogen-bond acceptors (Lipinski definition) is 4. The summed E-state index contributed by atoms with van der Waals surface area (Å²) in [4.78, 5) is 0. The standard InChI is InChI=1S/C11H23NO3S/c1-2-16(13,14)9-5-8-15-10-11-6-3-4-7-12-11/h11-12H,2-10H2,1H3. The predicted molar refractivity (Wildman–Crippen MR) is 65.4 cm³/mol. The molecular formula is C11H23NO3S. The van der Waals surface area contributed by atoms with Gasteiger partial charge in [0, 0.05) is 18.4 Å². The number of hydrogen-bond donors (Lipinski definition) is 1. The molecule has 0 aromatic carbocycles. The van der Waals surface area contributed by atoms with Gasteiger partial charge in [-0.2, -0.15) is 0 Å². The Labute approximate surface area is 98.7 Å². The second kappa shape index (κ2) is 7.25. The molecule has 0 radical (unpaired) electrons. The van der Waals surface area contributed by atoms with Crippen molar-refractivity contribution < 1.29 is 13.2 Å². The Hall–Kier alpha value is -0.130.